The van der Waals surface area contributed by atoms with Crippen LogP contribution in [-0.2, 0) is 4.79 Å². The maximum Gasteiger partial charge on any atom is 0.244 e. The zero-order valence-corrected chi connectivity index (χ0v) is 14.1. The Kier molecular flexibility index (Phi) is 9.60. The van der Waals surface area contributed by atoms with Crippen LogP contribution >= 0.6 is 0 Å². The van der Waals surface area contributed by atoms with Gasteiger partial charge in [-0.3, -0.25) is 4.79 Å². The lowest BCUT2D eigenvalue weighted by Gasteiger charge is -2.03. The Morgan fingerprint density at radius 3 is 2.39 bits per heavy atom. The molecule has 0 bridgehead atoms. The molecule has 128 valence electrons. The zero-order valence-electron chi connectivity index (χ0n) is 14.1. The average Bonchev–Trinajstić information content (AvgIpc) is 2.54. The number of hydrogen-bond donors (Lipinski definition) is 3. The van der Waals surface area contributed by atoms with E-state index in [4.69, 9.17) is 0 Å². The summed E-state index contributed by atoms with van der Waals surface area (Å²) < 4.78 is 0. The predicted molar refractivity (Wildman–Crippen MR) is 94.4 cm³/mol. The SMILES string of the molecule is CCCCCCCCCCNC(=O)/C=C/c1cc(O)ccc1O. The van der Waals surface area contributed by atoms with Gasteiger partial charge in [0.05, 0.1) is 0 Å². The topological polar surface area (TPSA) is 69.6 Å². The van der Waals surface area contributed by atoms with E-state index in [1.54, 1.807) is 0 Å². The molecule has 0 spiro atoms. The summed E-state index contributed by atoms with van der Waals surface area (Å²) in [6.45, 7) is 2.89. The lowest BCUT2D eigenvalue weighted by atomic mass is 10.1. The van der Waals surface area contributed by atoms with Crippen molar-refractivity contribution in [2.24, 2.45) is 0 Å². The Labute approximate surface area is 139 Å². The molecule has 1 aromatic carbocycles. The van der Waals surface area contributed by atoms with Crippen LogP contribution in [0.5, 0.6) is 11.5 Å². The highest BCUT2D eigenvalue weighted by Crippen LogP contribution is 2.23. The molecule has 1 amide bonds. The first kappa shape index (κ1) is 19.1. The first-order valence-electron chi connectivity index (χ1n) is 8.61. The predicted octanol–water partition coefficient (Wildman–Crippen LogP) is 4.37. The summed E-state index contributed by atoms with van der Waals surface area (Å²) in [7, 11) is 0. The minimum Gasteiger partial charge on any atom is -0.508 e. The number of hydrogen-bond acceptors (Lipinski definition) is 3. The highest BCUT2D eigenvalue weighted by molar-refractivity contribution is 5.92. The molecule has 0 saturated carbocycles. The van der Waals surface area contributed by atoms with Gasteiger partial charge in [0.2, 0.25) is 5.91 Å². The van der Waals surface area contributed by atoms with Crippen LogP contribution in [0.25, 0.3) is 6.08 Å². The number of phenols is 2. The molecular weight excluding hydrogens is 290 g/mol. The molecule has 0 aliphatic carbocycles. The minimum atomic E-state index is -0.185. The van der Waals surface area contributed by atoms with Gasteiger partial charge in [-0.15, -0.1) is 0 Å². The van der Waals surface area contributed by atoms with Crippen molar-refractivity contribution < 1.29 is 15.0 Å². The van der Waals surface area contributed by atoms with Crippen LogP contribution in [-0.4, -0.2) is 22.7 Å². The molecule has 23 heavy (non-hydrogen) atoms. The summed E-state index contributed by atoms with van der Waals surface area (Å²) in [6, 6.07) is 4.21. The number of carbonyl (C=O) groups excluding carboxylic acids is 1. The van der Waals surface area contributed by atoms with Crippen LogP contribution in [0.3, 0.4) is 0 Å². The van der Waals surface area contributed by atoms with E-state index in [9.17, 15) is 15.0 Å². The van der Waals surface area contributed by atoms with Gasteiger partial charge < -0.3 is 15.5 Å². The quantitative estimate of drug-likeness (QED) is 0.322. The summed E-state index contributed by atoms with van der Waals surface area (Å²) in [5.74, 6) is -0.0904. The number of amides is 1. The average molecular weight is 319 g/mol. The molecule has 0 atom stereocenters. The van der Waals surface area contributed by atoms with Gasteiger partial charge in [0, 0.05) is 18.2 Å². The number of phenolic OH excluding ortho intramolecular Hbond substituents is 2. The Morgan fingerprint density at radius 1 is 1.04 bits per heavy atom. The molecule has 0 saturated heterocycles. The minimum absolute atomic E-state index is 0.0370. The molecule has 0 radical (unpaired) electrons. The maximum absolute atomic E-state index is 11.7. The third-order valence-corrected chi connectivity index (χ3v) is 3.75. The Bertz CT molecular complexity index is 497. The Hall–Kier alpha value is -1.97. The van der Waals surface area contributed by atoms with Crippen LogP contribution in [0.4, 0.5) is 0 Å². The summed E-state index contributed by atoms with van der Waals surface area (Å²) in [4.78, 5) is 11.7. The highest BCUT2D eigenvalue weighted by Gasteiger charge is 2.00. The molecule has 0 fully saturated rings. The van der Waals surface area contributed by atoms with Crippen molar-refractivity contribution in [1.82, 2.24) is 5.32 Å². The third-order valence-electron chi connectivity index (χ3n) is 3.75. The van der Waals surface area contributed by atoms with Crippen LogP contribution in [0.1, 0.15) is 63.9 Å². The molecule has 0 aromatic heterocycles. The van der Waals surface area contributed by atoms with Gasteiger partial charge >= 0.3 is 0 Å². The monoisotopic (exact) mass is 319 g/mol. The molecule has 0 unspecified atom stereocenters. The van der Waals surface area contributed by atoms with E-state index in [1.807, 2.05) is 0 Å². The number of rotatable bonds is 11. The van der Waals surface area contributed by atoms with E-state index in [1.165, 1.54) is 68.9 Å². The van der Waals surface area contributed by atoms with Crippen LogP contribution in [0.15, 0.2) is 24.3 Å². The van der Waals surface area contributed by atoms with E-state index in [2.05, 4.69) is 12.2 Å². The molecular formula is C19H29NO3. The van der Waals surface area contributed by atoms with Gasteiger partial charge in [-0.2, -0.15) is 0 Å². The van der Waals surface area contributed by atoms with Crippen molar-refractivity contribution >= 4 is 12.0 Å². The normalized spacial score (nSPS) is 11.0. The second-order valence-corrected chi connectivity index (χ2v) is 5.84. The maximum atomic E-state index is 11.7. The molecule has 4 nitrogen and oxygen atoms in total. The smallest absolute Gasteiger partial charge is 0.244 e. The first-order chi connectivity index (χ1) is 11.1. The van der Waals surface area contributed by atoms with Gasteiger partial charge in [-0.1, -0.05) is 51.9 Å². The van der Waals surface area contributed by atoms with Crippen LogP contribution < -0.4 is 5.32 Å². The number of carbonyl (C=O) groups is 1. The van der Waals surface area contributed by atoms with Crippen molar-refractivity contribution in [2.75, 3.05) is 6.54 Å². The molecule has 0 aliphatic rings. The molecule has 1 rings (SSSR count). The summed E-state index contributed by atoms with van der Waals surface area (Å²) >= 11 is 0. The van der Waals surface area contributed by atoms with E-state index < -0.39 is 0 Å². The lowest BCUT2D eigenvalue weighted by molar-refractivity contribution is -0.116. The number of nitrogens with one attached hydrogen (secondary N) is 1. The van der Waals surface area contributed by atoms with Gasteiger partial charge in [-0.05, 0) is 30.7 Å². The molecule has 3 N–H and O–H groups in total. The Balaban J connectivity index is 2.12. The lowest BCUT2D eigenvalue weighted by Crippen LogP contribution is -2.21. The van der Waals surface area contributed by atoms with E-state index in [-0.39, 0.29) is 17.4 Å². The summed E-state index contributed by atoms with van der Waals surface area (Å²) in [5, 5.41) is 21.8. The second kappa shape index (κ2) is 11.6. The van der Waals surface area contributed by atoms with Gasteiger partial charge in [0.1, 0.15) is 11.5 Å². The molecule has 0 aliphatic heterocycles. The third kappa shape index (κ3) is 8.91. The number of aromatic hydroxyl groups is 2. The fraction of sp³-hybridized carbons (Fsp3) is 0.526. The summed E-state index contributed by atoms with van der Waals surface area (Å²) in [6.07, 6.45) is 12.8. The standard InChI is InChI=1S/C19H29NO3/c1-2-3-4-5-6-7-8-9-14-20-19(23)13-10-16-15-17(21)11-12-18(16)22/h10-13,15,21-22H,2-9,14H2,1H3,(H,20,23)/b13-10+. The fourth-order valence-electron chi connectivity index (χ4n) is 2.37. The summed E-state index contributed by atoms with van der Waals surface area (Å²) in [5.41, 5.74) is 0.423. The number of unbranched alkanes of at least 4 members (excludes halogenated alkanes) is 7. The van der Waals surface area contributed by atoms with Gasteiger partial charge in [-0.25, -0.2) is 0 Å². The van der Waals surface area contributed by atoms with Crippen molar-refractivity contribution in [3.8, 4) is 11.5 Å². The second-order valence-electron chi connectivity index (χ2n) is 5.84. The van der Waals surface area contributed by atoms with Crippen molar-refractivity contribution in [2.45, 2.75) is 58.3 Å². The van der Waals surface area contributed by atoms with Crippen molar-refractivity contribution in [3.05, 3.63) is 29.8 Å². The van der Waals surface area contributed by atoms with Crippen LogP contribution in [0.2, 0.25) is 0 Å². The van der Waals surface area contributed by atoms with E-state index in [0.29, 0.717) is 12.1 Å². The fourth-order valence-corrected chi connectivity index (χ4v) is 2.37. The van der Waals surface area contributed by atoms with E-state index >= 15 is 0 Å². The van der Waals surface area contributed by atoms with Gasteiger partial charge in [0.25, 0.3) is 0 Å². The molecule has 4 heteroatoms. The Morgan fingerprint density at radius 2 is 1.70 bits per heavy atom. The number of benzene rings is 1. The van der Waals surface area contributed by atoms with Gasteiger partial charge in [0.15, 0.2) is 0 Å². The zero-order chi connectivity index (χ0) is 16.9. The van der Waals surface area contributed by atoms with E-state index in [0.717, 1.165) is 12.8 Å². The molecule has 1 aromatic rings. The van der Waals surface area contributed by atoms with Crippen LogP contribution in [0, 0.1) is 0 Å². The van der Waals surface area contributed by atoms with Crippen molar-refractivity contribution in [3.63, 3.8) is 0 Å². The largest absolute Gasteiger partial charge is 0.508 e. The molecule has 0 heterocycles. The highest BCUT2D eigenvalue weighted by atomic mass is 16.3. The first-order valence-corrected chi connectivity index (χ1v) is 8.61. The van der Waals surface area contributed by atoms with Crippen molar-refractivity contribution in [1.29, 1.82) is 0 Å².